The fraction of sp³-hybridized carbons (Fsp3) is 0.405. The molecule has 0 N–H and O–H groups in total. The van der Waals surface area contributed by atoms with Crippen LogP contribution in [0, 0.1) is 34.4 Å². The van der Waals surface area contributed by atoms with Crippen LogP contribution >= 0.6 is 0 Å². The molecule has 0 spiro atoms. The smallest absolute Gasteiger partial charge is 0.0745 e. The van der Waals surface area contributed by atoms with Gasteiger partial charge in [0.2, 0.25) is 0 Å². The summed E-state index contributed by atoms with van der Waals surface area (Å²) in [7, 11) is 0. The first kappa shape index (κ1) is 19.8. The highest BCUT2D eigenvalue weighted by molar-refractivity contribution is 6.00. The van der Waals surface area contributed by atoms with E-state index in [-0.39, 0.29) is 27.7 Å². The summed E-state index contributed by atoms with van der Waals surface area (Å²) in [5.41, 5.74) is 4.82. The molecule has 0 aliphatic carbocycles. The monoisotopic (exact) mass is 583 g/mol. The molecular formula is C42H53N. The van der Waals surface area contributed by atoms with Crippen molar-refractivity contribution in [3.8, 4) is 11.1 Å². The Bertz CT molecular complexity index is 2190. The lowest BCUT2D eigenvalue weighted by Gasteiger charge is -2.28. The average Bonchev–Trinajstić information content (AvgIpc) is 3.02. The van der Waals surface area contributed by atoms with Crippen LogP contribution in [0.1, 0.15) is 123 Å². The van der Waals surface area contributed by atoms with Crippen molar-refractivity contribution in [2.75, 3.05) is 0 Å². The number of fused-ring (bicyclic) bond motifs is 2. The molecule has 4 aromatic carbocycles. The summed E-state index contributed by atoms with van der Waals surface area (Å²) in [5, 5.41) is 2.67. The normalized spacial score (nSPS) is 17.7. The first-order valence-electron chi connectivity index (χ1n) is 20.8. The summed E-state index contributed by atoms with van der Waals surface area (Å²) in [4.78, 5) is 4.40. The number of pyridine rings is 1. The fourth-order valence-electron chi connectivity index (χ4n) is 6.04. The van der Waals surface area contributed by atoms with Crippen molar-refractivity contribution in [2.45, 2.75) is 113 Å². The summed E-state index contributed by atoms with van der Waals surface area (Å²) < 4.78 is 95.2. The molecule has 43 heavy (non-hydrogen) atoms. The minimum Gasteiger partial charge on any atom is -0.253 e. The third-order valence-corrected chi connectivity index (χ3v) is 8.18. The van der Waals surface area contributed by atoms with Crippen LogP contribution in [0.4, 0.5) is 0 Å². The van der Waals surface area contributed by atoms with Crippen LogP contribution in [0.5, 0.6) is 0 Å². The largest absolute Gasteiger partial charge is 0.253 e. The van der Waals surface area contributed by atoms with E-state index in [2.05, 4.69) is 53.5 Å². The van der Waals surface area contributed by atoms with Crippen molar-refractivity contribution < 1.29 is 16.4 Å². The Hall–Kier alpha value is -3.45. The van der Waals surface area contributed by atoms with Gasteiger partial charge in [0.1, 0.15) is 0 Å². The first-order chi connectivity index (χ1) is 24.7. The molecule has 0 atom stereocenters. The molecule has 226 valence electrons. The standard InChI is InChI=1S/C23H26.C19H27N/c1-15-10-9-11-16(2)22(15)20-14-21(23(4,5)6)17(3)18-12-7-8-13-19(18)20;1-12-9-10-14-13(2)15(18(3,4)5)11-16(17(14)20-12)19(6,7)8/h7-14H,1-6H3;9-11H,1-8H3/i1D3,2D3;1D3,6D3. The van der Waals surface area contributed by atoms with Crippen molar-refractivity contribution in [2.24, 2.45) is 0 Å². The van der Waals surface area contributed by atoms with Crippen LogP contribution in [-0.2, 0) is 16.2 Å². The number of hydrogen-bond acceptors (Lipinski definition) is 1. The van der Waals surface area contributed by atoms with Crippen molar-refractivity contribution in [3.63, 3.8) is 0 Å². The molecular weight excluding hydrogens is 518 g/mol. The highest BCUT2D eigenvalue weighted by Gasteiger charge is 2.25. The maximum atomic E-state index is 8.04. The number of hydrogen-bond donors (Lipinski definition) is 0. The molecule has 0 bridgehead atoms. The average molecular weight is 584 g/mol. The highest BCUT2D eigenvalue weighted by atomic mass is 14.7. The van der Waals surface area contributed by atoms with E-state index in [4.69, 9.17) is 16.4 Å². The fourth-order valence-corrected chi connectivity index (χ4v) is 6.04. The van der Waals surface area contributed by atoms with Crippen LogP contribution < -0.4 is 0 Å². The summed E-state index contributed by atoms with van der Waals surface area (Å²) >= 11 is 0. The summed E-state index contributed by atoms with van der Waals surface area (Å²) in [6.45, 7) is 10.5. The molecule has 0 unspecified atom stereocenters. The number of rotatable bonds is 1. The van der Waals surface area contributed by atoms with E-state index in [0.29, 0.717) is 22.2 Å². The maximum absolute atomic E-state index is 8.04. The predicted molar refractivity (Wildman–Crippen MR) is 191 cm³/mol. The van der Waals surface area contributed by atoms with Gasteiger partial charge < -0.3 is 0 Å². The lowest BCUT2D eigenvalue weighted by atomic mass is 9.77. The summed E-state index contributed by atoms with van der Waals surface area (Å²) in [5.74, 6) is 0. The van der Waals surface area contributed by atoms with Crippen LogP contribution in [0.25, 0.3) is 32.8 Å². The zero-order chi connectivity index (χ0) is 42.1. The molecule has 0 saturated heterocycles. The Morgan fingerprint density at radius 2 is 1.14 bits per heavy atom. The van der Waals surface area contributed by atoms with Gasteiger partial charge in [0.05, 0.1) is 5.52 Å². The van der Waals surface area contributed by atoms with Crippen molar-refractivity contribution in [1.82, 2.24) is 4.98 Å². The molecule has 1 heteroatoms. The molecule has 0 saturated carbocycles. The zero-order valence-electron chi connectivity index (χ0n) is 39.3. The van der Waals surface area contributed by atoms with E-state index in [1.165, 1.54) is 24.3 Å². The van der Waals surface area contributed by atoms with Gasteiger partial charge in [-0.05, 0) is 124 Å². The summed E-state index contributed by atoms with van der Waals surface area (Å²) in [6.07, 6.45) is 0. The quantitative estimate of drug-likeness (QED) is 0.191. The zero-order valence-corrected chi connectivity index (χ0v) is 27.3. The number of aromatic nitrogens is 1. The van der Waals surface area contributed by atoms with E-state index in [0.717, 1.165) is 38.4 Å². The number of benzene rings is 4. The van der Waals surface area contributed by atoms with Gasteiger partial charge in [-0.3, -0.25) is 4.98 Å². The van der Waals surface area contributed by atoms with Crippen LogP contribution in [0.15, 0.2) is 66.7 Å². The molecule has 0 aliphatic heterocycles. The van der Waals surface area contributed by atoms with Crippen molar-refractivity contribution in [1.29, 1.82) is 0 Å². The van der Waals surface area contributed by atoms with Crippen LogP contribution in [-0.4, -0.2) is 4.98 Å². The number of nitrogens with zero attached hydrogens (tertiary/aromatic N) is 1. The second-order valence-electron chi connectivity index (χ2n) is 14.2. The van der Waals surface area contributed by atoms with Gasteiger partial charge in [0.15, 0.2) is 0 Å². The lowest BCUT2D eigenvalue weighted by Crippen LogP contribution is -2.19. The lowest BCUT2D eigenvalue weighted by molar-refractivity contribution is 0.569. The van der Waals surface area contributed by atoms with E-state index < -0.39 is 32.8 Å². The van der Waals surface area contributed by atoms with Gasteiger partial charge >= 0.3 is 0 Å². The van der Waals surface area contributed by atoms with Gasteiger partial charge in [-0.2, -0.15) is 0 Å². The Morgan fingerprint density at radius 1 is 0.558 bits per heavy atom. The van der Waals surface area contributed by atoms with E-state index in [1.54, 1.807) is 19.9 Å². The second kappa shape index (κ2) is 11.6. The number of aryl methyl sites for hydroxylation is 5. The molecule has 1 heterocycles. The topological polar surface area (TPSA) is 12.9 Å². The Balaban J connectivity index is 0.000000246. The Labute approximate surface area is 278 Å². The van der Waals surface area contributed by atoms with Crippen molar-refractivity contribution in [3.05, 3.63) is 111 Å². The van der Waals surface area contributed by atoms with Gasteiger partial charge in [-0.25, -0.2) is 0 Å². The third-order valence-electron chi connectivity index (χ3n) is 8.18. The van der Waals surface area contributed by atoms with Gasteiger partial charge in [0, 0.05) is 27.5 Å². The maximum Gasteiger partial charge on any atom is 0.0745 e. The molecule has 0 fully saturated rings. The second-order valence-corrected chi connectivity index (χ2v) is 14.2. The van der Waals surface area contributed by atoms with E-state index >= 15 is 0 Å². The van der Waals surface area contributed by atoms with Gasteiger partial charge in [0.25, 0.3) is 0 Å². The molecule has 1 aromatic heterocycles. The van der Waals surface area contributed by atoms with Crippen molar-refractivity contribution >= 4 is 21.7 Å². The molecule has 5 aromatic rings. The van der Waals surface area contributed by atoms with Gasteiger partial charge in [-0.1, -0.05) is 117 Å². The third kappa shape index (κ3) is 6.57. The van der Waals surface area contributed by atoms with Crippen LogP contribution in [0.2, 0.25) is 0 Å². The van der Waals surface area contributed by atoms with Crippen LogP contribution in [0.3, 0.4) is 0 Å². The summed E-state index contributed by atoms with van der Waals surface area (Å²) in [6, 6.07) is 19.5. The van der Waals surface area contributed by atoms with Gasteiger partial charge in [-0.15, -0.1) is 0 Å². The van der Waals surface area contributed by atoms with E-state index in [1.807, 2.05) is 43.3 Å². The Morgan fingerprint density at radius 3 is 1.70 bits per heavy atom. The first-order valence-corrected chi connectivity index (χ1v) is 14.8. The molecule has 0 aliphatic rings. The predicted octanol–water partition coefficient (Wildman–Crippen LogP) is 12.2. The molecule has 1 nitrogen and oxygen atoms in total. The minimum atomic E-state index is -2.43. The molecule has 0 amide bonds. The molecule has 0 radical (unpaired) electrons. The minimum absolute atomic E-state index is 0.0181. The Kier molecular flexibility index (Phi) is 5.31. The SMILES string of the molecule is [2H]C([2H])([2H])c1ccc2c(C)c(C(C)(C)C)cc(C(C)(C)C([2H])([2H])[2H])c2n1.[2H]C([2H])([2H])c1cccc(C([2H])([2H])[2H])c1-c1cc(C(C)(C)C)c(C)c2ccccc12. The van der Waals surface area contributed by atoms with E-state index in [9.17, 15) is 0 Å². The highest BCUT2D eigenvalue weighted by Crippen LogP contribution is 2.40. The molecule has 5 rings (SSSR count).